The number of rotatable bonds is 12. The van der Waals surface area contributed by atoms with E-state index in [9.17, 15) is 14.0 Å². The Balaban J connectivity index is 1.15. The first-order valence-electron chi connectivity index (χ1n) is 14.4. The maximum atomic E-state index is 14.4. The van der Waals surface area contributed by atoms with E-state index in [1.165, 1.54) is 12.1 Å². The van der Waals surface area contributed by atoms with Crippen LogP contribution in [0.4, 0.5) is 10.1 Å². The molecule has 0 aliphatic heterocycles. The van der Waals surface area contributed by atoms with Gasteiger partial charge in [-0.3, -0.25) is 9.59 Å². The molecule has 5 rings (SSSR count). The van der Waals surface area contributed by atoms with Crippen molar-refractivity contribution in [3.05, 3.63) is 106 Å². The SMILES string of the molecule is COc1ccc(CN(C)CCCOc2ccc(NC(=O)Cc3cccc4c(=O)c5cccc(F)c5[nH]c34)c(C)c2)cc1OC. The van der Waals surface area contributed by atoms with Crippen molar-refractivity contribution >= 4 is 33.4 Å². The summed E-state index contributed by atoms with van der Waals surface area (Å²) >= 11 is 0. The van der Waals surface area contributed by atoms with Crippen LogP contribution in [0.3, 0.4) is 0 Å². The second kappa shape index (κ2) is 13.6. The zero-order valence-electron chi connectivity index (χ0n) is 25.3. The number of halogens is 1. The molecule has 9 heteroatoms. The van der Waals surface area contributed by atoms with Crippen LogP contribution in [-0.2, 0) is 17.8 Å². The molecule has 0 saturated carbocycles. The van der Waals surface area contributed by atoms with Crippen LogP contribution in [0.2, 0.25) is 0 Å². The number of hydrogen-bond acceptors (Lipinski definition) is 6. The van der Waals surface area contributed by atoms with Gasteiger partial charge in [0.25, 0.3) is 0 Å². The van der Waals surface area contributed by atoms with Crippen molar-refractivity contribution in [2.24, 2.45) is 0 Å². The number of methoxy groups -OCH3 is 2. The lowest BCUT2D eigenvalue weighted by molar-refractivity contribution is -0.115. The minimum atomic E-state index is -0.514. The van der Waals surface area contributed by atoms with Crippen molar-refractivity contribution in [2.75, 3.05) is 39.7 Å². The van der Waals surface area contributed by atoms with Crippen molar-refractivity contribution in [1.82, 2.24) is 9.88 Å². The Kier molecular flexibility index (Phi) is 9.45. The molecule has 0 saturated heterocycles. The number of H-pyrrole nitrogens is 1. The first-order valence-corrected chi connectivity index (χ1v) is 14.4. The van der Waals surface area contributed by atoms with Gasteiger partial charge in [0.1, 0.15) is 11.6 Å². The fraction of sp³-hybridized carbons (Fsp3) is 0.257. The summed E-state index contributed by atoms with van der Waals surface area (Å²) in [5, 5.41) is 3.64. The van der Waals surface area contributed by atoms with E-state index in [0.717, 1.165) is 36.4 Å². The van der Waals surface area contributed by atoms with Gasteiger partial charge in [-0.05, 0) is 85.6 Å². The molecule has 44 heavy (non-hydrogen) atoms. The summed E-state index contributed by atoms with van der Waals surface area (Å²) in [5.74, 6) is 1.39. The van der Waals surface area contributed by atoms with Gasteiger partial charge in [-0.2, -0.15) is 0 Å². The first-order chi connectivity index (χ1) is 21.3. The van der Waals surface area contributed by atoms with Crippen molar-refractivity contribution in [2.45, 2.75) is 26.3 Å². The van der Waals surface area contributed by atoms with Gasteiger partial charge in [0.15, 0.2) is 16.9 Å². The minimum Gasteiger partial charge on any atom is -0.494 e. The second-order valence-corrected chi connectivity index (χ2v) is 10.8. The van der Waals surface area contributed by atoms with Crippen molar-refractivity contribution in [3.63, 3.8) is 0 Å². The molecule has 0 bridgehead atoms. The summed E-state index contributed by atoms with van der Waals surface area (Å²) in [5.41, 5.74) is 3.59. The topological polar surface area (TPSA) is 92.9 Å². The van der Waals surface area contributed by atoms with E-state index < -0.39 is 5.82 Å². The lowest BCUT2D eigenvalue weighted by Crippen LogP contribution is -2.20. The molecule has 0 spiro atoms. The molecule has 5 aromatic rings. The number of hydrogen-bond donors (Lipinski definition) is 2. The highest BCUT2D eigenvalue weighted by molar-refractivity contribution is 5.98. The molecule has 0 fully saturated rings. The third-order valence-electron chi connectivity index (χ3n) is 7.58. The van der Waals surface area contributed by atoms with E-state index in [0.29, 0.717) is 40.3 Å². The number of benzene rings is 4. The highest BCUT2D eigenvalue weighted by Gasteiger charge is 2.14. The molecular weight excluding hydrogens is 561 g/mol. The predicted octanol–water partition coefficient (Wildman–Crippen LogP) is 6.23. The van der Waals surface area contributed by atoms with Gasteiger partial charge < -0.3 is 29.4 Å². The smallest absolute Gasteiger partial charge is 0.228 e. The van der Waals surface area contributed by atoms with Crippen LogP contribution in [0.5, 0.6) is 17.2 Å². The van der Waals surface area contributed by atoms with Crippen molar-refractivity contribution in [1.29, 1.82) is 0 Å². The average molecular weight is 598 g/mol. The lowest BCUT2D eigenvalue weighted by Gasteiger charge is -2.18. The largest absolute Gasteiger partial charge is 0.494 e. The van der Waals surface area contributed by atoms with E-state index in [4.69, 9.17) is 14.2 Å². The third kappa shape index (κ3) is 6.84. The number of pyridine rings is 1. The number of para-hydroxylation sites is 2. The second-order valence-electron chi connectivity index (χ2n) is 10.8. The summed E-state index contributed by atoms with van der Waals surface area (Å²) in [7, 11) is 5.32. The number of nitrogens with one attached hydrogen (secondary N) is 2. The Morgan fingerprint density at radius 2 is 1.68 bits per heavy atom. The number of aromatic nitrogens is 1. The van der Waals surface area contributed by atoms with Gasteiger partial charge >= 0.3 is 0 Å². The number of carbonyl (C=O) groups excluding carboxylic acids is 1. The summed E-state index contributed by atoms with van der Waals surface area (Å²) in [6, 6.07) is 21.1. The minimum absolute atomic E-state index is 0.0156. The van der Waals surface area contributed by atoms with Crippen LogP contribution >= 0.6 is 0 Å². The lowest BCUT2D eigenvalue weighted by atomic mass is 10.0. The molecule has 1 heterocycles. The quantitative estimate of drug-likeness (QED) is 0.131. The number of anilines is 1. The summed E-state index contributed by atoms with van der Waals surface area (Å²) in [4.78, 5) is 31.3. The Bertz CT molecular complexity index is 1870. The van der Waals surface area contributed by atoms with E-state index in [-0.39, 0.29) is 28.7 Å². The Morgan fingerprint density at radius 3 is 2.43 bits per heavy atom. The van der Waals surface area contributed by atoms with Gasteiger partial charge in [0.05, 0.1) is 38.3 Å². The fourth-order valence-electron chi connectivity index (χ4n) is 5.32. The van der Waals surface area contributed by atoms with Gasteiger partial charge in [0.2, 0.25) is 5.91 Å². The normalized spacial score (nSPS) is 11.2. The average Bonchev–Trinajstić information content (AvgIpc) is 3.01. The zero-order chi connectivity index (χ0) is 31.2. The van der Waals surface area contributed by atoms with E-state index in [1.54, 1.807) is 38.5 Å². The van der Waals surface area contributed by atoms with Gasteiger partial charge in [-0.25, -0.2) is 4.39 Å². The van der Waals surface area contributed by atoms with Gasteiger partial charge in [0, 0.05) is 29.5 Å². The van der Waals surface area contributed by atoms with E-state index in [2.05, 4.69) is 22.2 Å². The van der Waals surface area contributed by atoms with Crippen LogP contribution in [-0.4, -0.2) is 50.2 Å². The summed E-state index contributed by atoms with van der Waals surface area (Å²) in [6.45, 7) is 4.08. The molecule has 0 radical (unpaired) electrons. The van der Waals surface area contributed by atoms with Crippen LogP contribution in [0.25, 0.3) is 21.8 Å². The van der Waals surface area contributed by atoms with Crippen LogP contribution in [0.15, 0.2) is 77.6 Å². The summed E-state index contributed by atoms with van der Waals surface area (Å²) < 4.78 is 31.1. The third-order valence-corrected chi connectivity index (χ3v) is 7.58. The van der Waals surface area contributed by atoms with Gasteiger partial charge in [-0.15, -0.1) is 0 Å². The molecule has 0 atom stereocenters. The Labute approximate surface area is 255 Å². The Hall–Kier alpha value is -4.89. The molecule has 1 aromatic heterocycles. The van der Waals surface area contributed by atoms with Crippen molar-refractivity contribution in [3.8, 4) is 17.2 Å². The molecule has 0 aliphatic rings. The molecule has 228 valence electrons. The van der Waals surface area contributed by atoms with E-state index >= 15 is 0 Å². The number of fused-ring (bicyclic) bond motifs is 2. The number of ether oxygens (including phenoxy) is 3. The Morgan fingerprint density at radius 1 is 0.932 bits per heavy atom. The number of aromatic amines is 1. The number of carbonyl (C=O) groups is 1. The molecular formula is C35H36FN3O5. The monoisotopic (exact) mass is 597 g/mol. The van der Waals surface area contributed by atoms with E-state index in [1.807, 2.05) is 43.3 Å². The molecule has 1 amide bonds. The van der Waals surface area contributed by atoms with Gasteiger partial charge in [-0.1, -0.05) is 24.3 Å². The maximum Gasteiger partial charge on any atom is 0.228 e. The predicted molar refractivity (Wildman–Crippen MR) is 172 cm³/mol. The highest BCUT2D eigenvalue weighted by Crippen LogP contribution is 2.28. The summed E-state index contributed by atoms with van der Waals surface area (Å²) in [6.07, 6.45) is 0.857. The standard InChI is InChI=1S/C35H36FN3O5/c1-22-18-25(44-17-7-16-39(2)21-23-12-15-30(42-3)31(19-23)43-4)13-14-29(22)37-32(40)20-24-8-5-9-26-33(24)38-34-27(35(26)41)10-6-11-28(34)36/h5-6,8-15,18-19H,7,16-17,20-21H2,1-4H3,(H,37,40)(H,38,41). The maximum absolute atomic E-state index is 14.4. The van der Waals surface area contributed by atoms with Crippen molar-refractivity contribution < 1.29 is 23.4 Å². The molecule has 8 nitrogen and oxygen atoms in total. The zero-order valence-corrected chi connectivity index (χ0v) is 25.3. The van der Waals surface area contributed by atoms with Crippen LogP contribution < -0.4 is 25.0 Å². The van der Waals surface area contributed by atoms with Crippen LogP contribution in [0.1, 0.15) is 23.1 Å². The fourth-order valence-corrected chi connectivity index (χ4v) is 5.32. The number of amides is 1. The molecule has 2 N–H and O–H groups in total. The first kappa shape index (κ1) is 30.6. The number of aryl methyl sites for hydroxylation is 1. The molecule has 4 aromatic carbocycles. The van der Waals surface area contributed by atoms with Crippen LogP contribution in [0, 0.1) is 12.7 Å². The molecule has 0 aliphatic carbocycles. The highest BCUT2D eigenvalue weighted by atomic mass is 19.1. The number of nitrogens with zero attached hydrogens (tertiary/aromatic N) is 1. The molecule has 0 unspecified atom stereocenters.